The topological polar surface area (TPSA) is 61.4 Å². The van der Waals surface area contributed by atoms with Crippen LogP contribution in [0.15, 0.2) is 0 Å². The van der Waals surface area contributed by atoms with Crippen LogP contribution in [-0.2, 0) is 4.79 Å². The van der Waals surface area contributed by atoms with Gasteiger partial charge in [-0.15, -0.1) is 0 Å². The second kappa shape index (κ2) is 4.34. The Bertz CT molecular complexity index is 266. The molecule has 0 bridgehead atoms. The van der Waals surface area contributed by atoms with E-state index in [-0.39, 0.29) is 5.91 Å². The first-order chi connectivity index (χ1) is 7.54. The van der Waals surface area contributed by atoms with E-state index < -0.39 is 11.1 Å². The molecule has 1 atom stereocenters. The van der Waals surface area contributed by atoms with Crippen molar-refractivity contribution in [3.63, 3.8) is 0 Å². The Morgan fingerprint density at radius 2 is 2.00 bits per heavy atom. The third kappa shape index (κ3) is 2.38. The standard InChI is InChI=1S/C12H22N2O2/c1-11(5-4-8-14-11)10(15)13-9-12(16)6-2-3-7-12/h14,16H,2-9H2,1H3,(H,13,15). The second-order valence-electron chi connectivity index (χ2n) is 5.48. The highest BCUT2D eigenvalue weighted by Gasteiger charge is 2.38. The van der Waals surface area contributed by atoms with Crippen molar-refractivity contribution in [3.8, 4) is 0 Å². The van der Waals surface area contributed by atoms with Gasteiger partial charge >= 0.3 is 0 Å². The van der Waals surface area contributed by atoms with Gasteiger partial charge in [-0.2, -0.15) is 0 Å². The first-order valence-corrected chi connectivity index (χ1v) is 6.30. The minimum absolute atomic E-state index is 0.0327. The van der Waals surface area contributed by atoms with E-state index in [1.807, 2.05) is 6.92 Å². The number of carbonyl (C=O) groups is 1. The van der Waals surface area contributed by atoms with Crippen molar-refractivity contribution in [2.24, 2.45) is 0 Å². The quantitative estimate of drug-likeness (QED) is 0.658. The highest BCUT2D eigenvalue weighted by Crippen LogP contribution is 2.29. The largest absolute Gasteiger partial charge is 0.388 e. The third-order valence-electron chi connectivity index (χ3n) is 3.98. The lowest BCUT2D eigenvalue weighted by Crippen LogP contribution is -2.54. The third-order valence-corrected chi connectivity index (χ3v) is 3.98. The molecule has 92 valence electrons. The van der Waals surface area contributed by atoms with Gasteiger partial charge in [0.05, 0.1) is 11.1 Å². The van der Waals surface area contributed by atoms with Crippen molar-refractivity contribution in [1.29, 1.82) is 0 Å². The molecule has 0 aromatic carbocycles. The molecule has 0 spiro atoms. The van der Waals surface area contributed by atoms with Crippen LogP contribution in [0.1, 0.15) is 45.4 Å². The molecule has 0 radical (unpaired) electrons. The van der Waals surface area contributed by atoms with E-state index in [1.54, 1.807) is 0 Å². The minimum atomic E-state index is -0.648. The zero-order valence-corrected chi connectivity index (χ0v) is 10.0. The summed E-state index contributed by atoms with van der Waals surface area (Å²) < 4.78 is 0. The minimum Gasteiger partial charge on any atom is -0.388 e. The number of rotatable bonds is 3. The van der Waals surface area contributed by atoms with Gasteiger partial charge in [0.2, 0.25) is 5.91 Å². The summed E-state index contributed by atoms with van der Waals surface area (Å²) in [5.74, 6) is 0.0327. The number of hydrogen-bond donors (Lipinski definition) is 3. The molecular formula is C12H22N2O2. The van der Waals surface area contributed by atoms with E-state index >= 15 is 0 Å². The molecule has 16 heavy (non-hydrogen) atoms. The van der Waals surface area contributed by atoms with Crippen molar-refractivity contribution in [2.75, 3.05) is 13.1 Å². The molecule has 2 fully saturated rings. The average Bonchev–Trinajstić information content (AvgIpc) is 2.86. The maximum Gasteiger partial charge on any atom is 0.240 e. The summed E-state index contributed by atoms with van der Waals surface area (Å²) in [5, 5.41) is 16.3. The molecular weight excluding hydrogens is 204 g/mol. The lowest BCUT2D eigenvalue weighted by Gasteiger charge is -2.27. The van der Waals surface area contributed by atoms with Gasteiger partial charge in [0, 0.05) is 6.54 Å². The fourth-order valence-electron chi connectivity index (χ4n) is 2.74. The van der Waals surface area contributed by atoms with Crippen LogP contribution in [0, 0.1) is 0 Å². The Morgan fingerprint density at radius 3 is 2.56 bits per heavy atom. The van der Waals surface area contributed by atoms with Crippen LogP contribution >= 0.6 is 0 Å². The smallest absolute Gasteiger partial charge is 0.240 e. The molecule has 3 N–H and O–H groups in total. The van der Waals surface area contributed by atoms with Crippen LogP contribution in [0.5, 0.6) is 0 Å². The first-order valence-electron chi connectivity index (χ1n) is 6.30. The van der Waals surface area contributed by atoms with Crippen molar-refractivity contribution in [2.45, 2.75) is 56.6 Å². The zero-order chi connectivity index (χ0) is 11.6. The lowest BCUT2D eigenvalue weighted by molar-refractivity contribution is -0.127. The van der Waals surface area contributed by atoms with E-state index in [4.69, 9.17) is 0 Å². The van der Waals surface area contributed by atoms with Gasteiger partial charge in [-0.1, -0.05) is 12.8 Å². The fraction of sp³-hybridized carbons (Fsp3) is 0.917. The summed E-state index contributed by atoms with van der Waals surface area (Å²) in [4.78, 5) is 12.0. The molecule has 1 saturated carbocycles. The van der Waals surface area contributed by atoms with Gasteiger partial charge in [0.15, 0.2) is 0 Å². The summed E-state index contributed by atoms with van der Waals surface area (Å²) in [5.41, 5.74) is -1.07. The lowest BCUT2D eigenvalue weighted by atomic mass is 9.97. The van der Waals surface area contributed by atoms with Crippen molar-refractivity contribution in [3.05, 3.63) is 0 Å². The molecule has 2 rings (SSSR count). The van der Waals surface area contributed by atoms with Gasteiger partial charge in [-0.3, -0.25) is 4.79 Å². The van der Waals surface area contributed by atoms with Crippen LogP contribution in [0.3, 0.4) is 0 Å². The maximum atomic E-state index is 12.0. The van der Waals surface area contributed by atoms with Gasteiger partial charge in [-0.25, -0.2) is 0 Å². The second-order valence-corrected chi connectivity index (χ2v) is 5.48. The van der Waals surface area contributed by atoms with Gasteiger partial charge in [0.25, 0.3) is 0 Å². The van der Waals surface area contributed by atoms with Crippen LogP contribution < -0.4 is 10.6 Å². The van der Waals surface area contributed by atoms with Crippen LogP contribution in [0.2, 0.25) is 0 Å². The first kappa shape index (κ1) is 11.9. The van der Waals surface area contributed by atoms with E-state index in [0.29, 0.717) is 6.54 Å². The molecule has 1 saturated heterocycles. The van der Waals surface area contributed by atoms with Gasteiger partial charge in [0.1, 0.15) is 0 Å². The van der Waals surface area contributed by atoms with Crippen molar-refractivity contribution in [1.82, 2.24) is 10.6 Å². The summed E-state index contributed by atoms with van der Waals surface area (Å²) in [6.45, 7) is 3.26. The zero-order valence-electron chi connectivity index (χ0n) is 10.0. The monoisotopic (exact) mass is 226 g/mol. The maximum absolute atomic E-state index is 12.0. The van der Waals surface area contributed by atoms with Crippen molar-refractivity contribution >= 4 is 5.91 Å². The molecule has 0 aromatic rings. The SMILES string of the molecule is CC1(C(=O)NCC2(O)CCCC2)CCCN1. The molecule has 1 unspecified atom stereocenters. The van der Waals surface area contributed by atoms with Gasteiger partial charge < -0.3 is 15.7 Å². The Balaban J connectivity index is 1.83. The molecule has 1 aliphatic carbocycles. The summed E-state index contributed by atoms with van der Waals surface area (Å²) in [6, 6.07) is 0. The van der Waals surface area contributed by atoms with E-state index in [1.165, 1.54) is 0 Å². The summed E-state index contributed by atoms with van der Waals surface area (Å²) in [7, 11) is 0. The Labute approximate surface area is 96.8 Å². The normalized spacial score (nSPS) is 32.9. The van der Waals surface area contributed by atoms with E-state index in [0.717, 1.165) is 45.1 Å². The summed E-state index contributed by atoms with van der Waals surface area (Å²) >= 11 is 0. The highest BCUT2D eigenvalue weighted by atomic mass is 16.3. The number of hydrogen-bond acceptors (Lipinski definition) is 3. The van der Waals surface area contributed by atoms with Crippen LogP contribution in [0.25, 0.3) is 0 Å². The molecule has 2 aliphatic rings. The van der Waals surface area contributed by atoms with E-state index in [9.17, 15) is 9.90 Å². The molecule has 0 aromatic heterocycles. The van der Waals surface area contributed by atoms with Gasteiger partial charge in [-0.05, 0) is 39.2 Å². The number of amides is 1. The predicted octanol–water partition coefficient (Wildman–Crippen LogP) is 0.550. The predicted molar refractivity (Wildman–Crippen MR) is 62.1 cm³/mol. The molecule has 1 amide bonds. The summed E-state index contributed by atoms with van der Waals surface area (Å²) in [6.07, 6.45) is 5.71. The Hall–Kier alpha value is -0.610. The Kier molecular flexibility index (Phi) is 3.22. The molecule has 1 aliphatic heterocycles. The number of nitrogens with one attached hydrogen (secondary N) is 2. The number of carbonyl (C=O) groups excluding carboxylic acids is 1. The van der Waals surface area contributed by atoms with Crippen LogP contribution in [-0.4, -0.2) is 35.2 Å². The molecule has 4 nitrogen and oxygen atoms in total. The molecule has 4 heteroatoms. The molecule has 1 heterocycles. The highest BCUT2D eigenvalue weighted by molar-refractivity contribution is 5.86. The van der Waals surface area contributed by atoms with Crippen molar-refractivity contribution < 1.29 is 9.90 Å². The van der Waals surface area contributed by atoms with E-state index in [2.05, 4.69) is 10.6 Å². The average molecular weight is 226 g/mol. The van der Waals surface area contributed by atoms with Crippen LogP contribution in [0.4, 0.5) is 0 Å². The number of aliphatic hydroxyl groups is 1. The fourth-order valence-corrected chi connectivity index (χ4v) is 2.74. The Morgan fingerprint density at radius 1 is 1.31 bits per heavy atom.